The molecular formula is C12H13BrClN3. The Morgan fingerprint density at radius 1 is 1.41 bits per heavy atom. The molecule has 0 amide bonds. The normalized spacial score (nSPS) is 12.6. The molecule has 3 nitrogen and oxygen atoms in total. The molecule has 5 heteroatoms. The fraction of sp³-hybridized carbons (Fsp3) is 0.250. The molecule has 0 fully saturated rings. The summed E-state index contributed by atoms with van der Waals surface area (Å²) < 4.78 is 2.83. The minimum Gasteiger partial charge on any atom is -0.383 e. The molecule has 0 radical (unpaired) electrons. The molecule has 0 aliphatic heterocycles. The monoisotopic (exact) mass is 313 g/mol. The topological polar surface area (TPSA) is 43.8 Å². The van der Waals surface area contributed by atoms with E-state index in [9.17, 15) is 0 Å². The first-order valence-electron chi connectivity index (χ1n) is 5.31. The molecule has 1 aromatic heterocycles. The number of nitrogens with two attached hydrogens (primary N) is 1. The highest BCUT2D eigenvalue weighted by molar-refractivity contribution is 9.10. The highest BCUT2D eigenvalue weighted by Crippen LogP contribution is 2.23. The quantitative estimate of drug-likeness (QED) is 0.939. The van der Waals surface area contributed by atoms with Crippen molar-refractivity contribution in [2.45, 2.75) is 19.4 Å². The van der Waals surface area contributed by atoms with Gasteiger partial charge >= 0.3 is 0 Å². The standard InChI is InChI=1S/C12H13BrClN3/c1-8(17-12(15)11(14)7-16-17)6-9-2-4-10(13)5-3-9/h2-5,7-8H,6,15H2,1H3. The van der Waals surface area contributed by atoms with Crippen molar-refractivity contribution in [2.24, 2.45) is 0 Å². The van der Waals surface area contributed by atoms with Gasteiger partial charge in [0.05, 0.1) is 12.2 Å². The molecule has 0 spiro atoms. The zero-order valence-corrected chi connectivity index (χ0v) is 11.7. The number of anilines is 1. The van der Waals surface area contributed by atoms with Crippen molar-refractivity contribution in [1.29, 1.82) is 0 Å². The molecule has 90 valence electrons. The van der Waals surface area contributed by atoms with Crippen molar-refractivity contribution in [2.75, 3.05) is 5.73 Å². The lowest BCUT2D eigenvalue weighted by Gasteiger charge is -2.14. The van der Waals surface area contributed by atoms with Crippen LogP contribution in [0.5, 0.6) is 0 Å². The van der Waals surface area contributed by atoms with Gasteiger partial charge in [0, 0.05) is 4.47 Å². The summed E-state index contributed by atoms with van der Waals surface area (Å²) in [7, 11) is 0. The Morgan fingerprint density at radius 2 is 2.06 bits per heavy atom. The minimum absolute atomic E-state index is 0.184. The second-order valence-electron chi connectivity index (χ2n) is 4.00. The van der Waals surface area contributed by atoms with Crippen LogP contribution in [0.2, 0.25) is 5.02 Å². The fourth-order valence-corrected chi connectivity index (χ4v) is 2.14. The third kappa shape index (κ3) is 2.82. The van der Waals surface area contributed by atoms with E-state index in [1.807, 2.05) is 12.1 Å². The Hall–Kier alpha value is -1.00. The molecular weight excluding hydrogens is 302 g/mol. The Kier molecular flexibility index (Phi) is 3.74. The van der Waals surface area contributed by atoms with Crippen molar-refractivity contribution in [3.63, 3.8) is 0 Å². The Morgan fingerprint density at radius 3 is 2.59 bits per heavy atom. The van der Waals surface area contributed by atoms with Gasteiger partial charge in [0.15, 0.2) is 0 Å². The van der Waals surface area contributed by atoms with Gasteiger partial charge in [-0.1, -0.05) is 39.7 Å². The van der Waals surface area contributed by atoms with Crippen LogP contribution in [0.1, 0.15) is 18.5 Å². The second kappa shape index (κ2) is 5.10. The number of nitrogens with zero attached hydrogens (tertiary/aromatic N) is 2. The van der Waals surface area contributed by atoms with E-state index >= 15 is 0 Å². The molecule has 2 aromatic rings. The van der Waals surface area contributed by atoms with Crippen molar-refractivity contribution >= 4 is 33.3 Å². The third-order valence-corrected chi connectivity index (χ3v) is 3.47. The van der Waals surface area contributed by atoms with Crippen LogP contribution in [0, 0.1) is 0 Å². The van der Waals surface area contributed by atoms with Gasteiger partial charge in [0.1, 0.15) is 10.8 Å². The van der Waals surface area contributed by atoms with E-state index in [0.29, 0.717) is 10.8 Å². The summed E-state index contributed by atoms with van der Waals surface area (Å²) in [6.07, 6.45) is 2.45. The smallest absolute Gasteiger partial charge is 0.140 e. The first-order valence-corrected chi connectivity index (χ1v) is 6.48. The van der Waals surface area contributed by atoms with E-state index in [-0.39, 0.29) is 6.04 Å². The van der Waals surface area contributed by atoms with Gasteiger partial charge < -0.3 is 5.73 Å². The van der Waals surface area contributed by atoms with Crippen molar-refractivity contribution in [3.8, 4) is 0 Å². The molecule has 0 aliphatic carbocycles. The van der Waals surface area contributed by atoms with Gasteiger partial charge in [0.25, 0.3) is 0 Å². The predicted molar refractivity (Wildman–Crippen MR) is 74.2 cm³/mol. The lowest BCUT2D eigenvalue weighted by atomic mass is 10.1. The Bertz CT molecular complexity index is 507. The van der Waals surface area contributed by atoms with Crippen LogP contribution < -0.4 is 5.73 Å². The lowest BCUT2D eigenvalue weighted by molar-refractivity contribution is 0.496. The van der Waals surface area contributed by atoms with Crippen molar-refractivity contribution in [1.82, 2.24) is 9.78 Å². The number of nitrogen functional groups attached to an aromatic ring is 1. The molecule has 1 aromatic carbocycles. The van der Waals surface area contributed by atoms with Crippen LogP contribution in [0.3, 0.4) is 0 Å². The molecule has 1 heterocycles. The number of hydrogen-bond acceptors (Lipinski definition) is 2. The largest absolute Gasteiger partial charge is 0.383 e. The molecule has 2 N–H and O–H groups in total. The molecule has 0 aliphatic rings. The average Bonchev–Trinajstić information content (AvgIpc) is 2.63. The van der Waals surface area contributed by atoms with E-state index in [2.05, 4.69) is 40.1 Å². The maximum absolute atomic E-state index is 5.88. The van der Waals surface area contributed by atoms with Gasteiger partial charge in [-0.25, -0.2) is 4.68 Å². The summed E-state index contributed by atoms with van der Waals surface area (Å²) in [5.74, 6) is 0.524. The molecule has 0 saturated heterocycles. The number of halogens is 2. The summed E-state index contributed by atoms with van der Waals surface area (Å²) in [6.45, 7) is 2.07. The molecule has 2 rings (SSSR count). The van der Waals surface area contributed by atoms with E-state index < -0.39 is 0 Å². The molecule has 0 saturated carbocycles. The maximum Gasteiger partial charge on any atom is 0.140 e. The van der Waals surface area contributed by atoms with Gasteiger partial charge in [-0.2, -0.15) is 5.10 Å². The third-order valence-electron chi connectivity index (χ3n) is 2.65. The molecule has 1 unspecified atom stereocenters. The van der Waals surface area contributed by atoms with Crippen LogP contribution >= 0.6 is 27.5 Å². The number of rotatable bonds is 3. The molecule has 17 heavy (non-hydrogen) atoms. The van der Waals surface area contributed by atoms with Crippen molar-refractivity contribution < 1.29 is 0 Å². The lowest BCUT2D eigenvalue weighted by Crippen LogP contribution is -2.12. The van der Waals surface area contributed by atoms with E-state index in [0.717, 1.165) is 10.9 Å². The van der Waals surface area contributed by atoms with Crippen LogP contribution in [0.4, 0.5) is 5.82 Å². The predicted octanol–water partition coefficient (Wildman–Crippen LogP) is 3.68. The summed E-state index contributed by atoms with van der Waals surface area (Å²) in [5.41, 5.74) is 7.08. The number of hydrogen-bond donors (Lipinski definition) is 1. The Balaban J connectivity index is 2.14. The Labute approximate surface area is 114 Å². The average molecular weight is 315 g/mol. The molecule has 1 atom stereocenters. The number of aromatic nitrogens is 2. The van der Waals surface area contributed by atoms with Crippen LogP contribution in [0.15, 0.2) is 34.9 Å². The maximum atomic E-state index is 5.88. The minimum atomic E-state index is 0.184. The number of benzene rings is 1. The SMILES string of the molecule is CC(Cc1ccc(Br)cc1)n1ncc(Cl)c1N. The van der Waals surface area contributed by atoms with E-state index in [1.165, 1.54) is 5.56 Å². The zero-order valence-electron chi connectivity index (χ0n) is 9.40. The highest BCUT2D eigenvalue weighted by atomic mass is 79.9. The summed E-state index contributed by atoms with van der Waals surface area (Å²) in [6, 6.07) is 8.41. The molecule has 0 bridgehead atoms. The zero-order chi connectivity index (χ0) is 12.4. The highest BCUT2D eigenvalue weighted by Gasteiger charge is 2.12. The van der Waals surface area contributed by atoms with Gasteiger partial charge in [-0.3, -0.25) is 0 Å². The van der Waals surface area contributed by atoms with Gasteiger partial charge in [-0.05, 0) is 31.0 Å². The van der Waals surface area contributed by atoms with Crippen molar-refractivity contribution in [3.05, 3.63) is 45.5 Å². The summed E-state index contributed by atoms with van der Waals surface area (Å²) in [5, 5.41) is 4.69. The first-order chi connectivity index (χ1) is 8.08. The van der Waals surface area contributed by atoms with E-state index in [4.69, 9.17) is 17.3 Å². The fourth-order valence-electron chi connectivity index (χ4n) is 1.75. The van der Waals surface area contributed by atoms with Crippen LogP contribution in [0.25, 0.3) is 0 Å². The van der Waals surface area contributed by atoms with Gasteiger partial charge in [0.2, 0.25) is 0 Å². The van der Waals surface area contributed by atoms with E-state index in [1.54, 1.807) is 10.9 Å². The summed E-state index contributed by atoms with van der Waals surface area (Å²) >= 11 is 9.30. The first kappa shape index (κ1) is 12.5. The second-order valence-corrected chi connectivity index (χ2v) is 5.32. The summed E-state index contributed by atoms with van der Waals surface area (Å²) in [4.78, 5) is 0. The van der Waals surface area contributed by atoms with Crippen LogP contribution in [-0.2, 0) is 6.42 Å². The van der Waals surface area contributed by atoms with Crippen LogP contribution in [-0.4, -0.2) is 9.78 Å². The van der Waals surface area contributed by atoms with Gasteiger partial charge in [-0.15, -0.1) is 0 Å².